The Morgan fingerprint density at radius 1 is 0.909 bits per heavy atom. The molecule has 0 heterocycles. The summed E-state index contributed by atoms with van der Waals surface area (Å²) in [6.45, 7) is 1.70. The first-order valence-electron chi connectivity index (χ1n) is 8.40. The lowest BCUT2D eigenvalue weighted by Crippen LogP contribution is -2.34. The van der Waals surface area contributed by atoms with E-state index >= 15 is 0 Å². The molecule has 1 rings (SSSR count). The molecule has 0 amide bonds. The Labute approximate surface area is 133 Å². The molecular formula is C18H30O4. The van der Waals surface area contributed by atoms with Crippen LogP contribution in [0.1, 0.15) is 57.4 Å². The van der Waals surface area contributed by atoms with Crippen molar-refractivity contribution in [3.8, 4) is 5.75 Å². The molecule has 22 heavy (non-hydrogen) atoms. The maximum atomic E-state index is 9.47. The summed E-state index contributed by atoms with van der Waals surface area (Å²) in [7, 11) is 0. The van der Waals surface area contributed by atoms with E-state index in [4.69, 9.17) is 9.84 Å². The minimum Gasteiger partial charge on any atom is -0.462 e. The van der Waals surface area contributed by atoms with E-state index in [2.05, 4.69) is 6.92 Å². The van der Waals surface area contributed by atoms with Crippen molar-refractivity contribution in [1.29, 1.82) is 0 Å². The zero-order valence-electron chi connectivity index (χ0n) is 13.6. The highest BCUT2D eigenvalue weighted by Gasteiger charge is 2.16. The molecule has 4 heteroatoms. The summed E-state index contributed by atoms with van der Waals surface area (Å²) in [4.78, 5) is 0. The maximum Gasteiger partial charge on any atom is 0.225 e. The summed E-state index contributed by atoms with van der Waals surface area (Å²) < 4.78 is 5.15. The van der Waals surface area contributed by atoms with E-state index < -0.39 is 19.0 Å². The molecular weight excluding hydrogens is 280 g/mol. The minimum atomic E-state index is -1.40. The first-order valence-corrected chi connectivity index (χ1v) is 8.40. The molecule has 0 bridgehead atoms. The van der Waals surface area contributed by atoms with Gasteiger partial charge in [-0.3, -0.25) is 0 Å². The molecule has 0 aromatic heterocycles. The van der Waals surface area contributed by atoms with Gasteiger partial charge in [0.2, 0.25) is 6.29 Å². The van der Waals surface area contributed by atoms with Crippen molar-refractivity contribution in [3.05, 3.63) is 29.8 Å². The first kappa shape index (κ1) is 18.9. The highest BCUT2D eigenvalue weighted by atomic mass is 16.6. The molecule has 3 N–H and O–H groups in total. The van der Waals surface area contributed by atoms with Crippen molar-refractivity contribution in [2.24, 2.45) is 0 Å². The van der Waals surface area contributed by atoms with Crippen LogP contribution in [0.15, 0.2) is 24.3 Å². The second-order valence-corrected chi connectivity index (χ2v) is 5.77. The summed E-state index contributed by atoms with van der Waals surface area (Å²) in [5.74, 6) is 0.489. The lowest BCUT2D eigenvalue weighted by atomic mass is 10.0. The van der Waals surface area contributed by atoms with Gasteiger partial charge in [0.25, 0.3) is 0 Å². The van der Waals surface area contributed by atoms with Crippen LogP contribution in [0, 0.1) is 0 Å². The molecule has 0 aliphatic heterocycles. The second kappa shape index (κ2) is 11.5. The molecule has 0 aliphatic carbocycles. The molecule has 1 aromatic rings. The number of benzene rings is 1. The number of unbranched alkanes of at least 4 members (excludes halogenated alkanes) is 6. The third-order valence-electron chi connectivity index (χ3n) is 3.77. The van der Waals surface area contributed by atoms with Gasteiger partial charge in [-0.25, -0.2) is 0 Å². The zero-order valence-corrected chi connectivity index (χ0v) is 13.6. The summed E-state index contributed by atoms with van der Waals surface area (Å²) in [5.41, 5.74) is 1.25. The predicted octanol–water partition coefficient (Wildman–Crippen LogP) is 3.03. The fraction of sp³-hybridized carbons (Fsp3) is 0.667. The third kappa shape index (κ3) is 7.78. The van der Waals surface area contributed by atoms with Crippen molar-refractivity contribution in [3.63, 3.8) is 0 Å². The average Bonchev–Trinajstić information content (AvgIpc) is 2.54. The molecule has 0 aliphatic rings. The molecule has 2 unspecified atom stereocenters. The Bertz CT molecular complexity index is 377. The average molecular weight is 310 g/mol. The van der Waals surface area contributed by atoms with Gasteiger partial charge in [-0.1, -0.05) is 57.6 Å². The van der Waals surface area contributed by atoms with Gasteiger partial charge in [0, 0.05) is 0 Å². The standard InChI is InChI=1S/C18H30O4/c1-2-3-4-5-6-7-8-9-15-10-12-16(13-11-15)22-18(21)17(20)14-19/h10-13,17-21H,2-9,14H2,1H3. The number of aliphatic hydroxyl groups excluding tert-OH is 3. The van der Waals surface area contributed by atoms with Gasteiger partial charge in [0.1, 0.15) is 11.9 Å². The van der Waals surface area contributed by atoms with Crippen LogP contribution in [0.4, 0.5) is 0 Å². The Kier molecular flexibility index (Phi) is 9.87. The van der Waals surface area contributed by atoms with E-state index in [9.17, 15) is 10.2 Å². The second-order valence-electron chi connectivity index (χ2n) is 5.77. The van der Waals surface area contributed by atoms with Gasteiger partial charge in [0.15, 0.2) is 0 Å². The van der Waals surface area contributed by atoms with Gasteiger partial charge < -0.3 is 20.1 Å². The number of ether oxygens (including phenoxy) is 1. The lowest BCUT2D eigenvalue weighted by molar-refractivity contribution is -0.118. The number of rotatable bonds is 12. The molecule has 126 valence electrons. The zero-order chi connectivity index (χ0) is 16.2. The van der Waals surface area contributed by atoms with Crippen LogP contribution in [0.2, 0.25) is 0 Å². The first-order chi connectivity index (χ1) is 10.7. The van der Waals surface area contributed by atoms with Gasteiger partial charge in [0.05, 0.1) is 6.61 Å². The smallest absolute Gasteiger partial charge is 0.225 e. The number of aryl methyl sites for hydroxylation is 1. The number of hydrogen-bond donors (Lipinski definition) is 3. The quantitative estimate of drug-likeness (QED) is 0.410. The van der Waals surface area contributed by atoms with Crippen molar-refractivity contribution >= 4 is 0 Å². The highest BCUT2D eigenvalue weighted by Crippen LogP contribution is 2.16. The van der Waals surface area contributed by atoms with Crippen LogP contribution in [-0.4, -0.2) is 34.3 Å². The summed E-state index contributed by atoms with van der Waals surface area (Å²) in [5, 5.41) is 27.4. The van der Waals surface area contributed by atoms with Gasteiger partial charge in [-0.15, -0.1) is 0 Å². The molecule has 4 nitrogen and oxygen atoms in total. The summed E-state index contributed by atoms with van der Waals surface area (Å²) in [6, 6.07) is 7.52. The number of aliphatic hydroxyl groups is 3. The normalized spacial score (nSPS) is 13.8. The monoisotopic (exact) mass is 310 g/mol. The molecule has 2 atom stereocenters. The Balaban J connectivity index is 2.21. The van der Waals surface area contributed by atoms with Crippen LogP contribution in [-0.2, 0) is 6.42 Å². The largest absolute Gasteiger partial charge is 0.462 e. The Morgan fingerprint density at radius 2 is 1.50 bits per heavy atom. The van der Waals surface area contributed by atoms with Gasteiger partial charge in [-0.2, -0.15) is 0 Å². The van der Waals surface area contributed by atoms with Crippen LogP contribution >= 0.6 is 0 Å². The van der Waals surface area contributed by atoms with Crippen LogP contribution < -0.4 is 4.74 Å². The van der Waals surface area contributed by atoms with Crippen molar-refractivity contribution in [2.75, 3.05) is 6.61 Å². The molecule has 0 fully saturated rings. The molecule has 0 radical (unpaired) electrons. The van der Waals surface area contributed by atoms with Crippen molar-refractivity contribution in [2.45, 2.75) is 70.7 Å². The highest BCUT2D eigenvalue weighted by molar-refractivity contribution is 5.27. The van der Waals surface area contributed by atoms with Crippen LogP contribution in [0.25, 0.3) is 0 Å². The molecule has 0 saturated carbocycles. The van der Waals surface area contributed by atoms with Crippen molar-refractivity contribution in [1.82, 2.24) is 0 Å². The van der Waals surface area contributed by atoms with Crippen molar-refractivity contribution < 1.29 is 20.1 Å². The molecule has 0 spiro atoms. The molecule has 1 aromatic carbocycles. The summed E-state index contributed by atoms with van der Waals surface area (Å²) in [6.07, 6.45) is 7.46. The van der Waals surface area contributed by atoms with Crippen LogP contribution in [0.5, 0.6) is 5.75 Å². The number of hydrogen-bond acceptors (Lipinski definition) is 4. The van der Waals surface area contributed by atoms with E-state index in [1.807, 2.05) is 12.1 Å². The Morgan fingerprint density at radius 3 is 2.09 bits per heavy atom. The van der Waals surface area contributed by atoms with E-state index in [0.29, 0.717) is 5.75 Å². The van der Waals surface area contributed by atoms with E-state index in [-0.39, 0.29) is 0 Å². The minimum absolute atomic E-state index is 0.489. The maximum absolute atomic E-state index is 9.47. The predicted molar refractivity (Wildman–Crippen MR) is 87.9 cm³/mol. The summed E-state index contributed by atoms with van der Waals surface area (Å²) >= 11 is 0. The molecule has 0 saturated heterocycles. The fourth-order valence-corrected chi connectivity index (χ4v) is 2.33. The van der Waals surface area contributed by atoms with Crippen LogP contribution in [0.3, 0.4) is 0 Å². The lowest BCUT2D eigenvalue weighted by Gasteiger charge is -2.17. The SMILES string of the molecule is CCCCCCCCCc1ccc(OC(O)C(O)CO)cc1. The third-order valence-corrected chi connectivity index (χ3v) is 3.77. The topological polar surface area (TPSA) is 69.9 Å². The van der Waals surface area contributed by atoms with E-state index in [1.165, 1.54) is 50.5 Å². The van der Waals surface area contributed by atoms with E-state index in [1.54, 1.807) is 12.1 Å². The van der Waals surface area contributed by atoms with Gasteiger partial charge in [-0.05, 0) is 30.5 Å². The fourth-order valence-electron chi connectivity index (χ4n) is 2.33. The van der Waals surface area contributed by atoms with Gasteiger partial charge >= 0.3 is 0 Å². The van der Waals surface area contributed by atoms with E-state index in [0.717, 1.165) is 6.42 Å². The Hall–Kier alpha value is -1.10.